The third kappa shape index (κ3) is 6.57. The van der Waals surface area contributed by atoms with Gasteiger partial charge in [0.25, 0.3) is 0 Å². The van der Waals surface area contributed by atoms with Crippen LogP contribution in [0.3, 0.4) is 0 Å². The normalized spacial score (nSPS) is 27.0. The van der Waals surface area contributed by atoms with E-state index in [1.807, 2.05) is 13.8 Å². The highest BCUT2D eigenvalue weighted by molar-refractivity contribution is 5.75. The Balaban J connectivity index is 3.35. The number of carbonyl (C=O) groups is 3. The summed E-state index contributed by atoms with van der Waals surface area (Å²) in [7, 11) is 2.79. The summed E-state index contributed by atoms with van der Waals surface area (Å²) in [4.78, 5) is 36.7. The van der Waals surface area contributed by atoms with Crippen molar-refractivity contribution in [3.8, 4) is 0 Å². The minimum absolute atomic E-state index is 0.153. The van der Waals surface area contributed by atoms with Crippen molar-refractivity contribution in [1.29, 1.82) is 0 Å². The monoisotopic (exact) mass is 430 g/mol. The van der Waals surface area contributed by atoms with Crippen molar-refractivity contribution in [1.82, 2.24) is 10.6 Å². The first-order valence-electron chi connectivity index (χ1n) is 10.4. The van der Waals surface area contributed by atoms with Gasteiger partial charge in [0.2, 0.25) is 5.91 Å². The Hall–Kier alpha value is -1.87. The molecule has 2 amide bonds. The Kier molecular flexibility index (Phi) is 9.10. The maximum Gasteiger partial charge on any atom is 0.407 e. The highest BCUT2D eigenvalue weighted by Crippen LogP contribution is 2.40. The van der Waals surface area contributed by atoms with Crippen LogP contribution in [0, 0.1) is 11.8 Å². The second-order valence-corrected chi connectivity index (χ2v) is 9.13. The lowest BCUT2D eigenvalue weighted by Crippen LogP contribution is -2.61. The summed E-state index contributed by atoms with van der Waals surface area (Å²) in [6, 6.07) is -1.30. The lowest BCUT2D eigenvalue weighted by molar-refractivity contribution is -0.149. The van der Waals surface area contributed by atoms with Crippen LogP contribution in [0.25, 0.3) is 0 Å². The quantitative estimate of drug-likeness (QED) is 0.501. The summed E-state index contributed by atoms with van der Waals surface area (Å²) in [5, 5.41) is 16.7. The fourth-order valence-corrected chi connectivity index (χ4v) is 4.26. The first-order valence-corrected chi connectivity index (χ1v) is 10.4. The molecule has 0 aromatic rings. The van der Waals surface area contributed by atoms with Crippen molar-refractivity contribution in [2.24, 2.45) is 11.8 Å². The minimum Gasteiger partial charge on any atom is -0.469 e. The van der Waals surface area contributed by atoms with Crippen LogP contribution in [-0.4, -0.2) is 66.7 Å². The standard InChI is InChI=1S/C21H38N2O7/c1-9-10-21(6,29-8)17(22-12(2)24)15-14(23-19(27)30-20(3,4)5)11-13(16(15)25)18(26)28-7/h13-17,25H,9-11H2,1-8H3,(H,22,24)(H,23,27)/t13-,14+,15-,16+,17+,21-/m0/s1. The van der Waals surface area contributed by atoms with Crippen molar-refractivity contribution >= 4 is 18.0 Å². The van der Waals surface area contributed by atoms with Crippen LogP contribution < -0.4 is 10.6 Å². The summed E-state index contributed by atoms with van der Waals surface area (Å²) in [5.74, 6) is -2.41. The second kappa shape index (κ2) is 10.4. The predicted octanol–water partition coefficient (Wildman–Crippen LogP) is 1.76. The summed E-state index contributed by atoms with van der Waals surface area (Å²) >= 11 is 0. The van der Waals surface area contributed by atoms with Crippen molar-refractivity contribution in [2.45, 2.75) is 90.2 Å². The third-order valence-corrected chi connectivity index (χ3v) is 5.60. The van der Waals surface area contributed by atoms with Crippen LogP contribution >= 0.6 is 0 Å². The molecule has 0 heterocycles. The topological polar surface area (TPSA) is 123 Å². The molecule has 0 spiro atoms. The van der Waals surface area contributed by atoms with E-state index < -0.39 is 53.3 Å². The number of ether oxygens (including phenoxy) is 3. The van der Waals surface area contributed by atoms with Gasteiger partial charge in [0, 0.05) is 26.0 Å². The number of aliphatic hydroxyl groups excluding tert-OH is 1. The van der Waals surface area contributed by atoms with Gasteiger partial charge < -0.3 is 30.0 Å². The molecule has 1 fully saturated rings. The molecule has 0 saturated heterocycles. The molecule has 1 rings (SSSR count). The number of carbonyl (C=O) groups excluding carboxylic acids is 3. The lowest BCUT2D eigenvalue weighted by atomic mass is 9.78. The zero-order valence-corrected chi connectivity index (χ0v) is 19.4. The number of amides is 2. The van der Waals surface area contributed by atoms with Crippen LogP contribution in [0.1, 0.15) is 60.8 Å². The Morgan fingerprint density at radius 2 is 1.77 bits per heavy atom. The molecule has 0 aromatic carbocycles. The van der Waals surface area contributed by atoms with E-state index in [1.165, 1.54) is 14.0 Å². The molecule has 1 aliphatic rings. The lowest BCUT2D eigenvalue weighted by Gasteiger charge is -2.43. The van der Waals surface area contributed by atoms with E-state index in [0.29, 0.717) is 6.42 Å². The van der Waals surface area contributed by atoms with Crippen LogP contribution in [0.15, 0.2) is 0 Å². The van der Waals surface area contributed by atoms with Gasteiger partial charge in [-0.05, 0) is 40.5 Å². The predicted molar refractivity (Wildman–Crippen MR) is 111 cm³/mol. The number of hydrogen-bond donors (Lipinski definition) is 3. The van der Waals surface area contributed by atoms with Crippen LogP contribution in [0.4, 0.5) is 4.79 Å². The van der Waals surface area contributed by atoms with Crippen LogP contribution in [0.5, 0.6) is 0 Å². The van der Waals surface area contributed by atoms with Gasteiger partial charge in [-0.15, -0.1) is 0 Å². The molecule has 6 atom stereocenters. The highest BCUT2D eigenvalue weighted by atomic mass is 16.6. The van der Waals surface area contributed by atoms with Gasteiger partial charge in [-0.1, -0.05) is 13.3 Å². The van der Waals surface area contributed by atoms with Gasteiger partial charge in [-0.3, -0.25) is 9.59 Å². The number of hydrogen-bond acceptors (Lipinski definition) is 7. The fourth-order valence-electron chi connectivity index (χ4n) is 4.26. The summed E-state index contributed by atoms with van der Waals surface area (Å²) in [6.07, 6.45) is -0.292. The van der Waals surface area contributed by atoms with E-state index in [0.717, 1.165) is 6.42 Å². The molecule has 0 unspecified atom stereocenters. The van der Waals surface area contributed by atoms with Gasteiger partial charge in [-0.25, -0.2) is 4.79 Å². The van der Waals surface area contributed by atoms with Gasteiger partial charge in [-0.2, -0.15) is 0 Å². The summed E-state index contributed by atoms with van der Waals surface area (Å²) in [6.45, 7) is 10.4. The molecular weight excluding hydrogens is 392 g/mol. The first kappa shape index (κ1) is 26.2. The largest absolute Gasteiger partial charge is 0.469 e. The van der Waals surface area contributed by atoms with Gasteiger partial charge >= 0.3 is 12.1 Å². The maximum atomic E-state index is 12.5. The third-order valence-electron chi connectivity index (χ3n) is 5.60. The molecule has 9 nitrogen and oxygen atoms in total. The Morgan fingerprint density at radius 1 is 1.17 bits per heavy atom. The van der Waals surface area contributed by atoms with E-state index in [4.69, 9.17) is 14.2 Å². The average Bonchev–Trinajstić information content (AvgIpc) is 2.93. The Morgan fingerprint density at radius 3 is 2.20 bits per heavy atom. The fraction of sp³-hybridized carbons (Fsp3) is 0.857. The van der Waals surface area contributed by atoms with E-state index in [9.17, 15) is 19.5 Å². The average molecular weight is 431 g/mol. The SMILES string of the molecule is CCC[C@](C)(OC)[C@H](NC(C)=O)[C@@H]1[C@H](O)[C@@H](C(=O)OC)C[C@H]1NC(=O)OC(C)(C)C. The van der Waals surface area contributed by atoms with E-state index in [2.05, 4.69) is 10.6 Å². The molecule has 174 valence electrons. The molecule has 3 N–H and O–H groups in total. The second-order valence-electron chi connectivity index (χ2n) is 9.13. The van der Waals surface area contributed by atoms with Gasteiger partial charge in [0.05, 0.1) is 30.8 Å². The van der Waals surface area contributed by atoms with E-state index >= 15 is 0 Å². The van der Waals surface area contributed by atoms with Crippen LogP contribution in [0.2, 0.25) is 0 Å². The molecule has 0 radical (unpaired) electrons. The van der Waals surface area contributed by atoms with Crippen molar-refractivity contribution in [3.63, 3.8) is 0 Å². The van der Waals surface area contributed by atoms with Crippen LogP contribution in [-0.2, 0) is 23.8 Å². The molecule has 0 aliphatic heterocycles. The first-order chi connectivity index (χ1) is 13.8. The molecule has 1 aliphatic carbocycles. The van der Waals surface area contributed by atoms with E-state index in [1.54, 1.807) is 27.9 Å². The highest BCUT2D eigenvalue weighted by Gasteiger charge is 2.54. The summed E-state index contributed by atoms with van der Waals surface area (Å²) in [5.41, 5.74) is -1.54. The number of rotatable bonds is 8. The molecule has 9 heteroatoms. The molecule has 30 heavy (non-hydrogen) atoms. The zero-order valence-electron chi connectivity index (χ0n) is 19.4. The molecule has 1 saturated carbocycles. The Labute approximate surface area is 179 Å². The molecule has 0 aromatic heterocycles. The maximum absolute atomic E-state index is 12.5. The Bertz CT molecular complexity index is 619. The number of aliphatic hydroxyl groups is 1. The number of methoxy groups -OCH3 is 2. The zero-order chi connectivity index (χ0) is 23.3. The number of esters is 1. The van der Waals surface area contributed by atoms with Gasteiger partial charge in [0.1, 0.15) is 5.60 Å². The van der Waals surface area contributed by atoms with Gasteiger partial charge in [0.15, 0.2) is 0 Å². The molecule has 0 bridgehead atoms. The number of alkyl carbamates (subject to hydrolysis) is 1. The number of nitrogens with one attached hydrogen (secondary N) is 2. The van der Waals surface area contributed by atoms with E-state index in [-0.39, 0.29) is 12.3 Å². The smallest absolute Gasteiger partial charge is 0.407 e. The minimum atomic E-state index is -1.15. The van der Waals surface area contributed by atoms with Crippen molar-refractivity contribution in [2.75, 3.05) is 14.2 Å². The van der Waals surface area contributed by atoms with Crippen molar-refractivity contribution < 1.29 is 33.7 Å². The van der Waals surface area contributed by atoms with Crippen molar-refractivity contribution in [3.05, 3.63) is 0 Å². The molecular formula is C21H38N2O7. The summed E-state index contributed by atoms with van der Waals surface area (Å²) < 4.78 is 16.0.